The third-order valence-corrected chi connectivity index (χ3v) is 7.09. The number of anilines is 2. The van der Waals surface area contributed by atoms with Gasteiger partial charge in [0.1, 0.15) is 11.6 Å². The van der Waals surface area contributed by atoms with Crippen LogP contribution in [0.1, 0.15) is 28.5 Å². The molecule has 1 saturated heterocycles. The zero-order chi connectivity index (χ0) is 28.4. The smallest absolute Gasteiger partial charge is 0.208 e. The molecule has 9 heteroatoms. The topological polar surface area (TPSA) is 96.2 Å². The maximum Gasteiger partial charge on any atom is 0.208 e. The molecular formula is C31H32FN5O3. The number of para-hydroxylation sites is 1. The number of Topliss-reactive ketones (excluding diaryl/α,β-unsaturated/α-hetero) is 1. The Morgan fingerprint density at radius 2 is 1.85 bits per heavy atom. The first-order chi connectivity index (χ1) is 19.3. The van der Waals surface area contributed by atoms with Crippen molar-refractivity contribution in [1.82, 2.24) is 4.98 Å². The van der Waals surface area contributed by atoms with Crippen LogP contribution in [0, 0.1) is 19.7 Å². The first-order valence-corrected chi connectivity index (χ1v) is 13.0. The fourth-order valence-electron chi connectivity index (χ4n) is 4.89. The first-order valence-electron chi connectivity index (χ1n) is 13.0. The van der Waals surface area contributed by atoms with Crippen molar-refractivity contribution in [1.29, 1.82) is 0 Å². The molecule has 0 amide bonds. The molecule has 3 N–H and O–H groups in total. The molecule has 3 aromatic carbocycles. The number of hydrazone groups is 1. The number of rotatable bonds is 8. The molecule has 5 rings (SSSR count). The summed E-state index contributed by atoms with van der Waals surface area (Å²) in [6, 6.07) is 17.4. The average Bonchev–Trinajstić information content (AvgIpc) is 3.37. The van der Waals surface area contributed by atoms with Crippen LogP contribution in [0.2, 0.25) is 0 Å². The van der Waals surface area contributed by atoms with Crippen LogP contribution < -0.4 is 20.4 Å². The minimum Gasteiger partial charge on any atom is -0.454 e. The molecule has 1 fully saturated rings. The molecule has 8 nitrogen and oxygen atoms in total. The summed E-state index contributed by atoms with van der Waals surface area (Å²) in [5.74, 6) is 0.0273. The number of H-pyrrole nitrogens is 1. The number of hydrogen-bond donors (Lipinski definition) is 2. The zero-order valence-corrected chi connectivity index (χ0v) is 22.8. The van der Waals surface area contributed by atoms with Gasteiger partial charge in [0.05, 0.1) is 24.6 Å². The number of hydrogen-bond acceptors (Lipinski definition) is 7. The van der Waals surface area contributed by atoms with Crippen molar-refractivity contribution in [3.8, 4) is 11.5 Å². The van der Waals surface area contributed by atoms with Gasteiger partial charge in [-0.2, -0.15) is 5.10 Å². The van der Waals surface area contributed by atoms with Crippen molar-refractivity contribution in [2.24, 2.45) is 10.8 Å². The maximum absolute atomic E-state index is 14.0. The summed E-state index contributed by atoms with van der Waals surface area (Å²) in [6.07, 6.45) is 0. The van der Waals surface area contributed by atoms with Gasteiger partial charge in [0.15, 0.2) is 11.6 Å². The number of ether oxygens (including phenoxy) is 2. The van der Waals surface area contributed by atoms with Crippen molar-refractivity contribution in [2.75, 3.05) is 36.2 Å². The van der Waals surface area contributed by atoms with Gasteiger partial charge in [-0.15, -0.1) is 0 Å². The van der Waals surface area contributed by atoms with Crippen molar-refractivity contribution in [3.63, 3.8) is 0 Å². The Bertz CT molecular complexity index is 1620. The van der Waals surface area contributed by atoms with E-state index in [1.807, 2.05) is 13.0 Å². The summed E-state index contributed by atoms with van der Waals surface area (Å²) in [5.41, 5.74) is 11.7. The van der Waals surface area contributed by atoms with Gasteiger partial charge in [-0.05, 0) is 80.4 Å². The Labute approximate surface area is 232 Å². The number of benzene rings is 3. The Morgan fingerprint density at radius 1 is 1.10 bits per heavy atom. The summed E-state index contributed by atoms with van der Waals surface area (Å²) in [7, 11) is 0. The lowest BCUT2D eigenvalue weighted by Crippen LogP contribution is -2.36. The number of carbonyl (C=O) groups excluding carboxylic acids is 1. The Kier molecular flexibility index (Phi) is 7.57. The predicted molar refractivity (Wildman–Crippen MR) is 157 cm³/mol. The Morgan fingerprint density at radius 3 is 2.55 bits per heavy atom. The van der Waals surface area contributed by atoms with Crippen molar-refractivity contribution >= 4 is 34.8 Å². The van der Waals surface area contributed by atoms with Crippen molar-refractivity contribution < 1.29 is 18.7 Å². The van der Waals surface area contributed by atoms with Crippen LogP contribution in [0.4, 0.5) is 15.8 Å². The maximum atomic E-state index is 14.0. The number of halogens is 1. The molecule has 0 bridgehead atoms. The zero-order valence-electron chi connectivity index (χ0n) is 22.8. The number of carbonyl (C=O) groups is 1. The number of aromatic amines is 1. The predicted octanol–water partition coefficient (Wildman–Crippen LogP) is 6.05. The van der Waals surface area contributed by atoms with Crippen molar-refractivity contribution in [3.05, 3.63) is 94.7 Å². The summed E-state index contributed by atoms with van der Waals surface area (Å²) in [4.78, 5) is 19.1. The SMILES string of the molecule is C=NN(/C(N)=C(\C)C(=O)c1cc2cc(C)c(N3CCOCC3)cc2[nH]1)c1ccc(Oc2ccccc2F)cc1C. The fourth-order valence-corrected chi connectivity index (χ4v) is 4.89. The molecule has 0 unspecified atom stereocenters. The fraction of sp³-hybridized carbons (Fsp3) is 0.226. The number of morpholine rings is 1. The largest absolute Gasteiger partial charge is 0.454 e. The summed E-state index contributed by atoms with van der Waals surface area (Å²) >= 11 is 0. The molecule has 2 heterocycles. The van der Waals surface area contributed by atoms with E-state index in [1.54, 1.807) is 43.3 Å². The van der Waals surface area contributed by atoms with E-state index in [0.29, 0.717) is 35.9 Å². The van der Waals surface area contributed by atoms with Gasteiger partial charge in [-0.3, -0.25) is 4.79 Å². The average molecular weight is 542 g/mol. The number of allylic oxidation sites excluding steroid dienone is 1. The van der Waals surface area contributed by atoms with Gasteiger partial charge in [-0.1, -0.05) is 12.1 Å². The van der Waals surface area contributed by atoms with Gasteiger partial charge < -0.3 is 25.1 Å². The molecule has 1 aliphatic heterocycles. The Balaban J connectivity index is 1.40. The van der Waals surface area contributed by atoms with Crippen molar-refractivity contribution in [2.45, 2.75) is 20.8 Å². The molecule has 4 aromatic rings. The molecule has 0 radical (unpaired) electrons. The first kappa shape index (κ1) is 27.0. The number of fused-ring (bicyclic) bond motifs is 1. The lowest BCUT2D eigenvalue weighted by molar-refractivity contribution is 0.102. The number of nitrogens with two attached hydrogens (primary N) is 1. The quantitative estimate of drug-likeness (QED) is 0.122. The molecule has 1 aliphatic rings. The third-order valence-electron chi connectivity index (χ3n) is 7.09. The monoisotopic (exact) mass is 541 g/mol. The summed E-state index contributed by atoms with van der Waals surface area (Å²) in [5, 5.41) is 6.45. The second-order valence-electron chi connectivity index (χ2n) is 9.78. The Hall–Kier alpha value is -4.63. The van der Waals surface area contributed by atoms with Gasteiger partial charge in [0.2, 0.25) is 5.78 Å². The van der Waals surface area contributed by atoms with E-state index >= 15 is 0 Å². The van der Waals surface area contributed by atoms with E-state index in [9.17, 15) is 9.18 Å². The number of ketones is 1. The number of nitrogens with zero attached hydrogens (tertiary/aromatic N) is 3. The lowest BCUT2D eigenvalue weighted by atomic mass is 10.1. The van der Waals surface area contributed by atoms with Gasteiger partial charge in [0.25, 0.3) is 0 Å². The van der Waals surface area contributed by atoms with Crippen LogP contribution in [0.3, 0.4) is 0 Å². The standard InChI is InChI=1S/C31H32FN5O3/c1-19-15-22-17-26(35-25(22)18-28(19)36-11-13-39-14-12-36)30(38)21(3)31(33)37(34-4)27-10-9-23(16-20(27)2)40-29-8-6-5-7-24(29)32/h5-10,15-18,35H,4,11-14,33H2,1-3H3/b31-21+. The van der Waals surface area contributed by atoms with Crippen LogP contribution in [0.5, 0.6) is 11.5 Å². The second-order valence-corrected chi connectivity index (χ2v) is 9.78. The molecule has 40 heavy (non-hydrogen) atoms. The highest BCUT2D eigenvalue weighted by atomic mass is 19.1. The van der Waals surface area contributed by atoms with Gasteiger partial charge in [0, 0.05) is 42.0 Å². The van der Waals surface area contributed by atoms with E-state index in [4.69, 9.17) is 15.2 Å². The highest BCUT2D eigenvalue weighted by Crippen LogP contribution is 2.32. The lowest BCUT2D eigenvalue weighted by Gasteiger charge is -2.30. The number of aryl methyl sites for hydroxylation is 2. The highest BCUT2D eigenvalue weighted by molar-refractivity contribution is 6.10. The third kappa shape index (κ3) is 5.28. The molecular weight excluding hydrogens is 509 g/mol. The highest BCUT2D eigenvalue weighted by Gasteiger charge is 2.21. The van der Waals surface area contributed by atoms with E-state index in [0.717, 1.165) is 40.8 Å². The molecule has 1 aromatic heterocycles. The molecule has 0 atom stereocenters. The van der Waals surface area contributed by atoms with Crippen LogP contribution in [0.25, 0.3) is 10.9 Å². The minimum absolute atomic E-state index is 0.125. The summed E-state index contributed by atoms with van der Waals surface area (Å²) in [6.45, 7) is 12.3. The number of aromatic nitrogens is 1. The van der Waals surface area contributed by atoms with E-state index < -0.39 is 5.82 Å². The van der Waals surface area contributed by atoms with E-state index in [-0.39, 0.29) is 17.4 Å². The van der Waals surface area contributed by atoms with Crippen LogP contribution in [-0.2, 0) is 4.74 Å². The van der Waals surface area contributed by atoms with Crippen LogP contribution >= 0.6 is 0 Å². The molecule has 0 aliphatic carbocycles. The van der Waals surface area contributed by atoms with E-state index in [1.165, 1.54) is 11.1 Å². The second kappa shape index (κ2) is 11.2. The number of nitrogens with one attached hydrogen (secondary N) is 1. The van der Waals surface area contributed by atoms with E-state index in [2.05, 4.69) is 40.8 Å². The van der Waals surface area contributed by atoms with Crippen LogP contribution in [-0.4, -0.2) is 43.8 Å². The van der Waals surface area contributed by atoms with Crippen LogP contribution in [0.15, 0.2) is 77.2 Å². The summed E-state index contributed by atoms with van der Waals surface area (Å²) < 4.78 is 25.2. The normalized spacial score (nSPS) is 14.2. The van der Waals surface area contributed by atoms with Gasteiger partial charge >= 0.3 is 0 Å². The molecule has 0 spiro atoms. The minimum atomic E-state index is -0.454. The molecule has 0 saturated carbocycles. The van der Waals surface area contributed by atoms with Gasteiger partial charge in [-0.25, -0.2) is 9.40 Å². The molecule has 206 valence electrons.